The minimum Gasteiger partial charge on any atom is -0.495 e. The van der Waals surface area contributed by atoms with Crippen LogP contribution in [0.1, 0.15) is 5.69 Å². The number of ether oxygens (including phenoxy) is 1. The van der Waals surface area contributed by atoms with Gasteiger partial charge in [0.05, 0.1) is 22.3 Å². The van der Waals surface area contributed by atoms with E-state index < -0.39 is 0 Å². The normalized spacial score (nSPS) is 10.4. The summed E-state index contributed by atoms with van der Waals surface area (Å²) in [6.07, 6.45) is 0. The van der Waals surface area contributed by atoms with Crippen LogP contribution in [0.15, 0.2) is 22.7 Å². The summed E-state index contributed by atoms with van der Waals surface area (Å²) in [6.45, 7) is 1.86. The lowest BCUT2D eigenvalue weighted by molar-refractivity contribution is 0.415. The average molecular weight is 329 g/mol. The highest BCUT2D eigenvalue weighted by Gasteiger charge is 2.10. The molecule has 94 valence electrons. The first-order valence-corrected chi connectivity index (χ1v) is 6.33. The van der Waals surface area contributed by atoms with Gasteiger partial charge in [0.15, 0.2) is 5.82 Å². The molecule has 2 aromatic rings. The van der Waals surface area contributed by atoms with Crippen molar-refractivity contribution in [2.75, 3.05) is 12.8 Å². The summed E-state index contributed by atoms with van der Waals surface area (Å²) in [6, 6.07) is 5.37. The molecule has 1 aromatic heterocycles. The van der Waals surface area contributed by atoms with Crippen LogP contribution in [0.25, 0.3) is 11.4 Å². The quantitative estimate of drug-likeness (QED) is 0.917. The van der Waals surface area contributed by atoms with E-state index >= 15 is 0 Å². The van der Waals surface area contributed by atoms with E-state index in [-0.39, 0.29) is 0 Å². The van der Waals surface area contributed by atoms with Crippen LogP contribution in [0.3, 0.4) is 0 Å². The van der Waals surface area contributed by atoms with E-state index in [0.717, 1.165) is 11.3 Å². The molecule has 1 heterocycles. The number of nitrogens with zero attached hydrogens (tertiary/aromatic N) is 2. The van der Waals surface area contributed by atoms with Crippen molar-refractivity contribution in [3.05, 3.63) is 33.4 Å². The Morgan fingerprint density at radius 3 is 2.61 bits per heavy atom. The summed E-state index contributed by atoms with van der Waals surface area (Å²) in [4.78, 5) is 8.58. The van der Waals surface area contributed by atoms with Gasteiger partial charge in [0.1, 0.15) is 11.6 Å². The molecule has 18 heavy (non-hydrogen) atoms. The lowest BCUT2D eigenvalue weighted by Gasteiger charge is -2.08. The van der Waals surface area contributed by atoms with Crippen molar-refractivity contribution in [2.45, 2.75) is 6.92 Å². The van der Waals surface area contributed by atoms with Gasteiger partial charge in [0, 0.05) is 5.56 Å². The molecule has 0 aliphatic heterocycles. The predicted molar refractivity (Wildman–Crippen MR) is 75.9 cm³/mol. The van der Waals surface area contributed by atoms with Crippen molar-refractivity contribution in [1.82, 2.24) is 9.97 Å². The van der Waals surface area contributed by atoms with E-state index in [0.29, 0.717) is 26.9 Å². The molecule has 0 unspecified atom stereocenters. The van der Waals surface area contributed by atoms with Crippen LogP contribution in [-0.4, -0.2) is 17.1 Å². The van der Waals surface area contributed by atoms with Gasteiger partial charge in [-0.25, -0.2) is 9.97 Å². The molecule has 0 amide bonds. The van der Waals surface area contributed by atoms with Crippen molar-refractivity contribution in [3.63, 3.8) is 0 Å². The fraction of sp³-hybridized carbons (Fsp3) is 0.167. The van der Waals surface area contributed by atoms with Crippen molar-refractivity contribution in [3.8, 4) is 17.1 Å². The van der Waals surface area contributed by atoms with E-state index in [4.69, 9.17) is 22.1 Å². The zero-order valence-corrected chi connectivity index (χ0v) is 12.2. The molecule has 6 heteroatoms. The number of nitrogens with two attached hydrogens (primary N) is 1. The average Bonchev–Trinajstić information content (AvgIpc) is 2.35. The van der Waals surface area contributed by atoms with Gasteiger partial charge in [-0.1, -0.05) is 11.6 Å². The topological polar surface area (TPSA) is 61.0 Å². The number of halogens is 2. The number of nitrogen functional groups attached to an aromatic ring is 1. The predicted octanol–water partition coefficient (Wildman–Crippen LogP) is 3.46. The summed E-state index contributed by atoms with van der Waals surface area (Å²) in [7, 11) is 1.57. The van der Waals surface area contributed by atoms with Crippen LogP contribution >= 0.6 is 27.5 Å². The molecule has 0 bridgehead atoms. The monoisotopic (exact) mass is 327 g/mol. The minimum absolute atomic E-state index is 0.407. The molecule has 0 atom stereocenters. The van der Waals surface area contributed by atoms with Gasteiger partial charge in [0.2, 0.25) is 0 Å². The number of aromatic nitrogens is 2. The first-order chi connectivity index (χ1) is 8.52. The van der Waals surface area contributed by atoms with Crippen LogP contribution in [-0.2, 0) is 0 Å². The lowest BCUT2D eigenvalue weighted by Crippen LogP contribution is -2.00. The third-order valence-electron chi connectivity index (χ3n) is 2.45. The molecule has 4 nitrogen and oxygen atoms in total. The Balaban J connectivity index is 2.52. The molecule has 2 N–H and O–H groups in total. The smallest absolute Gasteiger partial charge is 0.161 e. The highest BCUT2D eigenvalue weighted by atomic mass is 79.9. The maximum atomic E-state index is 6.07. The second-order valence-corrected chi connectivity index (χ2v) is 4.88. The molecule has 0 saturated heterocycles. The third-order valence-corrected chi connectivity index (χ3v) is 3.73. The van der Waals surface area contributed by atoms with Gasteiger partial charge in [0.25, 0.3) is 0 Å². The summed E-state index contributed by atoms with van der Waals surface area (Å²) in [5.41, 5.74) is 7.37. The molecule has 0 saturated carbocycles. The number of hydrogen-bond donors (Lipinski definition) is 1. The summed E-state index contributed by atoms with van der Waals surface area (Å²) >= 11 is 9.40. The minimum atomic E-state index is 0.407. The van der Waals surface area contributed by atoms with Crippen LogP contribution in [0.2, 0.25) is 5.02 Å². The van der Waals surface area contributed by atoms with E-state index in [2.05, 4.69) is 25.9 Å². The first kappa shape index (κ1) is 13.1. The Morgan fingerprint density at radius 1 is 1.33 bits per heavy atom. The van der Waals surface area contributed by atoms with E-state index in [1.165, 1.54) is 0 Å². The molecule has 2 rings (SSSR count). The SMILES string of the molecule is COc1ccc(-c2nc(C)c(Br)c(N)n2)cc1Cl. The van der Waals surface area contributed by atoms with Gasteiger partial charge in [-0.15, -0.1) is 0 Å². The van der Waals surface area contributed by atoms with E-state index in [9.17, 15) is 0 Å². The zero-order valence-electron chi connectivity index (χ0n) is 9.87. The van der Waals surface area contributed by atoms with Crippen molar-refractivity contribution in [1.29, 1.82) is 0 Å². The van der Waals surface area contributed by atoms with Gasteiger partial charge < -0.3 is 10.5 Å². The first-order valence-electron chi connectivity index (χ1n) is 5.16. The van der Waals surface area contributed by atoms with Crippen LogP contribution < -0.4 is 10.5 Å². The molecular formula is C12H11BrClN3O. The summed E-state index contributed by atoms with van der Waals surface area (Å²) < 4.78 is 5.81. The largest absolute Gasteiger partial charge is 0.495 e. The maximum absolute atomic E-state index is 6.07. The Bertz CT molecular complexity index is 581. The standard InChI is InChI=1S/C12H11BrClN3O/c1-6-10(13)11(15)17-12(16-6)7-3-4-9(18-2)8(14)5-7/h3-5H,1-2H3,(H2,15,16,17). The number of anilines is 1. The maximum Gasteiger partial charge on any atom is 0.161 e. The molecule has 0 radical (unpaired) electrons. The third kappa shape index (κ3) is 2.42. The van der Waals surface area contributed by atoms with Crippen molar-refractivity contribution in [2.24, 2.45) is 0 Å². The highest BCUT2D eigenvalue weighted by molar-refractivity contribution is 9.10. The van der Waals surface area contributed by atoms with Gasteiger partial charge in [-0.05, 0) is 41.1 Å². The second kappa shape index (κ2) is 5.12. The molecule has 0 fully saturated rings. The Hall–Kier alpha value is -1.33. The van der Waals surface area contributed by atoms with Gasteiger partial charge in [-0.2, -0.15) is 0 Å². The van der Waals surface area contributed by atoms with Gasteiger partial charge in [-0.3, -0.25) is 0 Å². The summed E-state index contributed by atoms with van der Waals surface area (Å²) in [5, 5.41) is 0.512. The number of aryl methyl sites for hydroxylation is 1. The van der Waals surface area contributed by atoms with Crippen LogP contribution in [0, 0.1) is 6.92 Å². The Kier molecular flexibility index (Phi) is 3.73. The second-order valence-electron chi connectivity index (χ2n) is 3.68. The Morgan fingerprint density at radius 2 is 2.06 bits per heavy atom. The fourth-order valence-electron chi connectivity index (χ4n) is 1.52. The van der Waals surface area contributed by atoms with Crippen LogP contribution in [0.4, 0.5) is 5.82 Å². The number of hydrogen-bond acceptors (Lipinski definition) is 4. The van der Waals surface area contributed by atoms with Crippen molar-refractivity contribution >= 4 is 33.3 Å². The lowest BCUT2D eigenvalue weighted by atomic mass is 10.2. The fourth-order valence-corrected chi connectivity index (χ4v) is 1.95. The number of benzene rings is 1. The molecular weight excluding hydrogens is 318 g/mol. The van der Waals surface area contributed by atoms with E-state index in [1.807, 2.05) is 13.0 Å². The Labute approximate surface area is 118 Å². The molecule has 0 aliphatic carbocycles. The number of rotatable bonds is 2. The van der Waals surface area contributed by atoms with Crippen LogP contribution in [0.5, 0.6) is 5.75 Å². The zero-order chi connectivity index (χ0) is 13.3. The van der Waals surface area contributed by atoms with E-state index in [1.54, 1.807) is 19.2 Å². The molecule has 0 spiro atoms. The number of methoxy groups -OCH3 is 1. The molecule has 0 aliphatic rings. The summed E-state index contributed by atoms with van der Waals surface area (Å²) in [5.74, 6) is 1.56. The molecule has 1 aromatic carbocycles. The van der Waals surface area contributed by atoms with Crippen molar-refractivity contribution < 1.29 is 4.74 Å². The highest BCUT2D eigenvalue weighted by Crippen LogP contribution is 2.30. The van der Waals surface area contributed by atoms with Gasteiger partial charge >= 0.3 is 0 Å².